The SMILES string of the molecule is C#CCN1C(=O)[C@H]2CC[C@](C)(C1=O)C2(C)C. The van der Waals surface area contributed by atoms with Gasteiger partial charge in [-0.1, -0.05) is 26.7 Å². The number of amides is 2. The number of carbonyl (C=O) groups is 2. The summed E-state index contributed by atoms with van der Waals surface area (Å²) in [7, 11) is 0. The van der Waals surface area contributed by atoms with E-state index >= 15 is 0 Å². The smallest absolute Gasteiger partial charge is 0.236 e. The van der Waals surface area contributed by atoms with Crippen molar-refractivity contribution < 1.29 is 9.59 Å². The van der Waals surface area contributed by atoms with Gasteiger partial charge < -0.3 is 0 Å². The van der Waals surface area contributed by atoms with Crippen molar-refractivity contribution in [2.24, 2.45) is 16.7 Å². The maximum atomic E-state index is 12.3. The molecule has 2 rings (SSSR count). The lowest BCUT2D eigenvalue weighted by Crippen LogP contribution is -2.59. The van der Waals surface area contributed by atoms with Gasteiger partial charge in [-0.3, -0.25) is 14.5 Å². The minimum atomic E-state index is -0.428. The molecule has 0 N–H and O–H groups in total. The second-order valence-corrected chi connectivity index (χ2v) is 5.58. The molecule has 2 fully saturated rings. The normalized spacial score (nSPS) is 36.4. The zero-order valence-electron chi connectivity index (χ0n) is 10.0. The minimum absolute atomic E-state index is 0.0523. The number of nitrogens with zero attached hydrogens (tertiary/aromatic N) is 1. The summed E-state index contributed by atoms with van der Waals surface area (Å²) >= 11 is 0. The molecule has 0 aromatic carbocycles. The molecule has 2 amide bonds. The van der Waals surface area contributed by atoms with Gasteiger partial charge in [-0.2, -0.15) is 0 Å². The van der Waals surface area contributed by atoms with Crippen molar-refractivity contribution in [3.05, 3.63) is 0 Å². The second kappa shape index (κ2) is 3.10. The Hall–Kier alpha value is -1.30. The van der Waals surface area contributed by atoms with E-state index in [1.54, 1.807) is 0 Å². The predicted octanol–water partition coefficient (Wildman–Crippen LogP) is 1.43. The van der Waals surface area contributed by atoms with Crippen molar-refractivity contribution in [3.63, 3.8) is 0 Å². The maximum Gasteiger partial charge on any atom is 0.236 e. The molecule has 1 aliphatic heterocycles. The lowest BCUT2D eigenvalue weighted by atomic mass is 9.62. The molecular weight excluding hydrogens is 202 g/mol. The number of likely N-dealkylation sites (tertiary alicyclic amines) is 1. The molecule has 0 spiro atoms. The van der Waals surface area contributed by atoms with E-state index in [1.807, 2.05) is 20.8 Å². The van der Waals surface area contributed by atoms with E-state index in [-0.39, 0.29) is 29.7 Å². The van der Waals surface area contributed by atoms with Crippen molar-refractivity contribution >= 4 is 11.8 Å². The number of rotatable bonds is 1. The van der Waals surface area contributed by atoms with Crippen LogP contribution < -0.4 is 0 Å². The highest BCUT2D eigenvalue weighted by molar-refractivity contribution is 6.04. The molecular formula is C13H17NO2. The number of fused-ring (bicyclic) bond motifs is 2. The van der Waals surface area contributed by atoms with Crippen LogP contribution in [-0.2, 0) is 9.59 Å². The Morgan fingerprint density at radius 3 is 2.62 bits per heavy atom. The van der Waals surface area contributed by atoms with Crippen LogP contribution in [0, 0.1) is 29.1 Å². The molecule has 1 saturated carbocycles. The first-order valence-electron chi connectivity index (χ1n) is 5.65. The molecule has 2 bridgehead atoms. The zero-order valence-corrected chi connectivity index (χ0v) is 10.0. The molecule has 0 radical (unpaired) electrons. The van der Waals surface area contributed by atoms with Gasteiger partial charge in [0.05, 0.1) is 12.0 Å². The van der Waals surface area contributed by atoms with E-state index in [0.717, 1.165) is 12.8 Å². The molecule has 0 aromatic heterocycles. The Morgan fingerprint density at radius 2 is 2.06 bits per heavy atom. The van der Waals surface area contributed by atoms with Crippen LogP contribution in [0.2, 0.25) is 0 Å². The lowest BCUT2D eigenvalue weighted by Gasteiger charge is -2.47. The Labute approximate surface area is 96.2 Å². The Bertz CT molecular complexity index is 405. The second-order valence-electron chi connectivity index (χ2n) is 5.58. The highest BCUT2D eigenvalue weighted by atomic mass is 16.2. The van der Waals surface area contributed by atoms with Crippen LogP contribution in [0.1, 0.15) is 33.6 Å². The van der Waals surface area contributed by atoms with Gasteiger partial charge >= 0.3 is 0 Å². The van der Waals surface area contributed by atoms with Gasteiger partial charge in [0.15, 0.2) is 0 Å². The fraction of sp³-hybridized carbons (Fsp3) is 0.692. The molecule has 1 aliphatic carbocycles. The van der Waals surface area contributed by atoms with E-state index in [4.69, 9.17) is 6.42 Å². The van der Waals surface area contributed by atoms with Gasteiger partial charge in [0.2, 0.25) is 11.8 Å². The van der Waals surface area contributed by atoms with Crippen molar-refractivity contribution in [1.29, 1.82) is 0 Å². The van der Waals surface area contributed by atoms with Gasteiger partial charge in [-0.15, -0.1) is 6.42 Å². The quantitative estimate of drug-likeness (QED) is 0.494. The summed E-state index contributed by atoms with van der Waals surface area (Å²) in [6.45, 7) is 6.12. The summed E-state index contributed by atoms with van der Waals surface area (Å²) in [5.41, 5.74) is -0.672. The number of terminal acetylenes is 1. The molecule has 2 aliphatic rings. The van der Waals surface area contributed by atoms with Gasteiger partial charge in [-0.25, -0.2) is 0 Å². The van der Waals surface area contributed by atoms with Crippen LogP contribution >= 0.6 is 0 Å². The van der Waals surface area contributed by atoms with E-state index < -0.39 is 5.41 Å². The monoisotopic (exact) mass is 219 g/mol. The number of imide groups is 1. The van der Waals surface area contributed by atoms with E-state index in [9.17, 15) is 9.59 Å². The maximum absolute atomic E-state index is 12.3. The number of carbonyl (C=O) groups excluding carboxylic acids is 2. The largest absolute Gasteiger partial charge is 0.274 e. The van der Waals surface area contributed by atoms with Crippen LogP contribution in [0.5, 0.6) is 0 Å². The summed E-state index contributed by atoms with van der Waals surface area (Å²) in [5, 5.41) is 0. The van der Waals surface area contributed by atoms with Gasteiger partial charge in [-0.05, 0) is 18.3 Å². The fourth-order valence-electron chi connectivity index (χ4n) is 3.14. The molecule has 0 unspecified atom stereocenters. The number of piperidine rings is 1. The van der Waals surface area contributed by atoms with Crippen molar-refractivity contribution in [1.82, 2.24) is 4.90 Å². The van der Waals surface area contributed by atoms with E-state index in [2.05, 4.69) is 5.92 Å². The van der Waals surface area contributed by atoms with Crippen LogP contribution in [0.25, 0.3) is 0 Å². The summed E-state index contributed by atoms with van der Waals surface area (Å²) in [5.74, 6) is 2.17. The first-order chi connectivity index (χ1) is 7.36. The van der Waals surface area contributed by atoms with Gasteiger partial charge in [0.1, 0.15) is 0 Å². The topological polar surface area (TPSA) is 37.4 Å². The summed E-state index contributed by atoms with van der Waals surface area (Å²) in [6.07, 6.45) is 6.80. The average molecular weight is 219 g/mol. The van der Waals surface area contributed by atoms with Crippen LogP contribution in [0.3, 0.4) is 0 Å². The third kappa shape index (κ3) is 1.05. The Kier molecular flexibility index (Phi) is 2.17. The standard InChI is InChI=1S/C13H17NO2/c1-5-8-14-10(15)9-6-7-13(4,11(14)16)12(9,2)3/h1,9H,6-8H2,2-4H3/t9-,13-/m1/s1. The molecule has 2 atom stereocenters. The highest BCUT2D eigenvalue weighted by Crippen LogP contribution is 2.59. The Balaban J connectivity index is 2.47. The van der Waals surface area contributed by atoms with Gasteiger partial charge in [0, 0.05) is 5.92 Å². The fourth-order valence-corrected chi connectivity index (χ4v) is 3.14. The zero-order chi connectivity index (χ0) is 12.1. The molecule has 1 saturated heterocycles. The number of hydrogen-bond acceptors (Lipinski definition) is 2. The molecule has 3 heteroatoms. The number of hydrogen-bond donors (Lipinski definition) is 0. The van der Waals surface area contributed by atoms with Crippen molar-refractivity contribution in [3.8, 4) is 12.3 Å². The third-order valence-electron chi connectivity index (χ3n) is 4.76. The summed E-state index contributed by atoms with van der Waals surface area (Å²) in [6, 6.07) is 0. The molecule has 16 heavy (non-hydrogen) atoms. The van der Waals surface area contributed by atoms with E-state index in [0.29, 0.717) is 0 Å². The third-order valence-corrected chi connectivity index (χ3v) is 4.76. The molecule has 0 aromatic rings. The Morgan fingerprint density at radius 1 is 1.44 bits per heavy atom. The molecule has 86 valence electrons. The van der Waals surface area contributed by atoms with Crippen LogP contribution in [-0.4, -0.2) is 23.3 Å². The van der Waals surface area contributed by atoms with Crippen molar-refractivity contribution in [2.45, 2.75) is 33.6 Å². The minimum Gasteiger partial charge on any atom is -0.274 e. The highest BCUT2D eigenvalue weighted by Gasteiger charge is 2.64. The lowest BCUT2D eigenvalue weighted by molar-refractivity contribution is -0.166. The molecule has 1 heterocycles. The summed E-state index contributed by atoms with van der Waals surface area (Å²) in [4.78, 5) is 25.7. The van der Waals surface area contributed by atoms with Crippen LogP contribution in [0.15, 0.2) is 0 Å². The molecule has 3 nitrogen and oxygen atoms in total. The first-order valence-corrected chi connectivity index (χ1v) is 5.65. The average Bonchev–Trinajstić information content (AvgIpc) is 2.40. The van der Waals surface area contributed by atoms with Crippen LogP contribution in [0.4, 0.5) is 0 Å². The van der Waals surface area contributed by atoms with E-state index in [1.165, 1.54) is 4.90 Å². The first kappa shape index (κ1) is 11.2. The van der Waals surface area contributed by atoms with Crippen molar-refractivity contribution in [2.75, 3.05) is 6.54 Å². The summed E-state index contributed by atoms with van der Waals surface area (Å²) < 4.78 is 0. The van der Waals surface area contributed by atoms with Gasteiger partial charge in [0.25, 0.3) is 0 Å². The predicted molar refractivity (Wildman–Crippen MR) is 60.2 cm³/mol.